The minimum absolute atomic E-state index is 0.123. The molecule has 0 N–H and O–H groups in total. The first-order chi connectivity index (χ1) is 13.1. The van der Waals surface area contributed by atoms with E-state index in [0.29, 0.717) is 16.4 Å². The van der Waals surface area contributed by atoms with Crippen LogP contribution in [0.5, 0.6) is 0 Å². The lowest BCUT2D eigenvalue weighted by Gasteiger charge is -2.07. The Balaban J connectivity index is 1.52. The second-order valence-electron chi connectivity index (χ2n) is 5.93. The molecule has 134 valence electrons. The van der Waals surface area contributed by atoms with E-state index in [2.05, 4.69) is 15.1 Å². The number of ether oxygens (including phenoxy) is 1. The van der Waals surface area contributed by atoms with Crippen molar-refractivity contribution >= 4 is 28.5 Å². The summed E-state index contributed by atoms with van der Waals surface area (Å²) < 4.78 is 10.5. The van der Waals surface area contributed by atoms with Crippen molar-refractivity contribution in [2.75, 3.05) is 0 Å². The summed E-state index contributed by atoms with van der Waals surface area (Å²) in [6, 6.07) is 16.2. The van der Waals surface area contributed by atoms with E-state index in [1.807, 2.05) is 37.3 Å². The molecule has 2 aromatic carbocycles. The molecule has 0 spiro atoms. The number of esters is 1. The number of nitrogens with zero attached hydrogens (tertiary/aromatic N) is 3. The third kappa shape index (κ3) is 3.66. The number of hydrogen-bond donors (Lipinski definition) is 0. The van der Waals surface area contributed by atoms with E-state index < -0.39 is 5.97 Å². The molecular weight excluding hydrogens is 366 g/mol. The van der Waals surface area contributed by atoms with Crippen molar-refractivity contribution in [1.29, 1.82) is 0 Å². The smallest absolute Gasteiger partial charge is 0.339 e. The predicted molar refractivity (Wildman–Crippen MR) is 100 cm³/mol. The Kier molecular flexibility index (Phi) is 4.56. The number of aryl methyl sites for hydroxylation is 1. The van der Waals surface area contributed by atoms with E-state index >= 15 is 0 Å². The largest absolute Gasteiger partial charge is 0.452 e. The zero-order valence-electron chi connectivity index (χ0n) is 14.3. The van der Waals surface area contributed by atoms with Crippen LogP contribution in [0, 0.1) is 6.92 Å². The predicted octanol–water partition coefficient (Wildman–Crippen LogP) is 4.60. The van der Waals surface area contributed by atoms with E-state index in [0.717, 1.165) is 22.2 Å². The molecule has 4 aromatic rings. The minimum Gasteiger partial charge on any atom is -0.452 e. The number of benzene rings is 2. The fraction of sp³-hybridized carbons (Fsp3) is 0.100. The first-order valence-corrected chi connectivity index (χ1v) is 8.60. The van der Waals surface area contributed by atoms with Gasteiger partial charge in [-0.05, 0) is 31.2 Å². The second kappa shape index (κ2) is 7.17. The van der Waals surface area contributed by atoms with Gasteiger partial charge < -0.3 is 9.26 Å². The number of hydrogen-bond acceptors (Lipinski definition) is 6. The summed E-state index contributed by atoms with van der Waals surface area (Å²) in [7, 11) is 0. The highest BCUT2D eigenvalue weighted by Gasteiger charge is 2.16. The fourth-order valence-electron chi connectivity index (χ4n) is 2.74. The quantitative estimate of drug-likeness (QED) is 0.482. The summed E-state index contributed by atoms with van der Waals surface area (Å²) in [6.45, 7) is 1.71. The third-order valence-electron chi connectivity index (χ3n) is 3.94. The van der Waals surface area contributed by atoms with Crippen LogP contribution in [0.4, 0.5) is 0 Å². The van der Waals surface area contributed by atoms with Crippen molar-refractivity contribution in [1.82, 2.24) is 15.1 Å². The zero-order chi connectivity index (χ0) is 18.8. The van der Waals surface area contributed by atoms with Crippen molar-refractivity contribution in [2.24, 2.45) is 0 Å². The summed E-state index contributed by atoms with van der Waals surface area (Å²) in [5, 5.41) is 5.20. The third-order valence-corrected chi connectivity index (χ3v) is 4.18. The highest BCUT2D eigenvalue weighted by Crippen LogP contribution is 2.21. The molecule has 0 amide bonds. The van der Waals surface area contributed by atoms with Gasteiger partial charge in [0.05, 0.1) is 11.1 Å². The number of carbonyl (C=O) groups is 1. The second-order valence-corrected chi connectivity index (χ2v) is 6.36. The highest BCUT2D eigenvalue weighted by atomic mass is 35.5. The number of fused-ring (bicyclic) bond motifs is 1. The first-order valence-electron chi connectivity index (χ1n) is 8.22. The van der Waals surface area contributed by atoms with Crippen molar-refractivity contribution in [3.8, 4) is 11.4 Å². The van der Waals surface area contributed by atoms with Crippen LogP contribution in [0.3, 0.4) is 0 Å². The average molecular weight is 380 g/mol. The van der Waals surface area contributed by atoms with Crippen LogP contribution in [0.2, 0.25) is 5.02 Å². The molecule has 0 aliphatic heterocycles. The lowest BCUT2D eigenvalue weighted by Crippen LogP contribution is -2.07. The monoisotopic (exact) mass is 379 g/mol. The maximum absolute atomic E-state index is 12.5. The van der Waals surface area contributed by atoms with Crippen molar-refractivity contribution in [3.05, 3.63) is 76.8 Å². The van der Waals surface area contributed by atoms with Crippen LogP contribution in [-0.2, 0) is 11.3 Å². The fourth-order valence-corrected chi connectivity index (χ4v) is 2.93. The van der Waals surface area contributed by atoms with Gasteiger partial charge in [0.15, 0.2) is 6.61 Å². The maximum atomic E-state index is 12.5. The van der Waals surface area contributed by atoms with E-state index in [4.69, 9.17) is 20.9 Å². The van der Waals surface area contributed by atoms with Crippen LogP contribution in [0.1, 0.15) is 21.9 Å². The number of rotatable bonds is 4. The lowest BCUT2D eigenvalue weighted by molar-refractivity contribution is 0.0432. The van der Waals surface area contributed by atoms with Crippen LogP contribution in [0.25, 0.3) is 22.3 Å². The van der Waals surface area contributed by atoms with Crippen molar-refractivity contribution in [3.63, 3.8) is 0 Å². The normalized spacial score (nSPS) is 10.9. The maximum Gasteiger partial charge on any atom is 0.339 e. The molecule has 2 aromatic heterocycles. The minimum atomic E-state index is -0.473. The van der Waals surface area contributed by atoms with Gasteiger partial charge in [-0.25, -0.2) is 4.79 Å². The van der Waals surface area contributed by atoms with Crippen molar-refractivity contribution in [2.45, 2.75) is 13.5 Å². The number of aromatic nitrogens is 3. The summed E-state index contributed by atoms with van der Waals surface area (Å²) in [5.74, 6) is 0.112. The number of halogens is 1. The lowest BCUT2D eigenvalue weighted by atomic mass is 10.1. The van der Waals surface area contributed by atoms with Gasteiger partial charge in [-0.3, -0.25) is 4.98 Å². The Morgan fingerprint density at radius 3 is 2.81 bits per heavy atom. The van der Waals surface area contributed by atoms with Crippen LogP contribution < -0.4 is 0 Å². The number of carbonyl (C=O) groups excluding carboxylic acids is 1. The van der Waals surface area contributed by atoms with E-state index in [1.165, 1.54) is 0 Å². The Labute approximate surface area is 159 Å². The molecule has 0 fully saturated rings. The number of para-hydroxylation sites is 1. The SMILES string of the molecule is Cc1cc(C(=O)OCc2nc(-c3cccc(Cl)c3)no2)c2ccccc2n1. The molecule has 27 heavy (non-hydrogen) atoms. The summed E-state index contributed by atoms with van der Waals surface area (Å²) in [5.41, 5.74) is 2.65. The van der Waals surface area contributed by atoms with Gasteiger partial charge in [0, 0.05) is 21.7 Å². The molecule has 0 aliphatic rings. The molecule has 2 heterocycles. The zero-order valence-corrected chi connectivity index (χ0v) is 15.1. The molecule has 4 rings (SSSR count). The van der Waals surface area contributed by atoms with Gasteiger partial charge in [0.2, 0.25) is 5.82 Å². The van der Waals surface area contributed by atoms with E-state index in [-0.39, 0.29) is 12.5 Å². The van der Waals surface area contributed by atoms with Crippen LogP contribution in [0.15, 0.2) is 59.1 Å². The molecular formula is C20H14ClN3O3. The summed E-state index contributed by atoms with van der Waals surface area (Å²) in [6.07, 6.45) is 0. The molecule has 0 atom stereocenters. The standard InChI is InChI=1S/C20H14ClN3O3/c1-12-9-16(15-7-2-3-8-17(15)22-12)20(25)26-11-18-23-19(24-27-18)13-5-4-6-14(21)10-13/h2-10H,11H2,1H3. The Morgan fingerprint density at radius 2 is 1.96 bits per heavy atom. The van der Waals surface area contributed by atoms with Crippen molar-refractivity contribution < 1.29 is 14.1 Å². The first kappa shape index (κ1) is 17.2. The van der Waals surface area contributed by atoms with Gasteiger partial charge in [-0.1, -0.05) is 47.1 Å². The average Bonchev–Trinajstić information content (AvgIpc) is 3.14. The van der Waals surface area contributed by atoms with E-state index in [1.54, 1.807) is 24.3 Å². The number of pyridine rings is 1. The van der Waals surface area contributed by atoms with Gasteiger partial charge in [0.1, 0.15) is 0 Å². The molecule has 0 aliphatic carbocycles. The summed E-state index contributed by atoms with van der Waals surface area (Å²) >= 11 is 5.97. The molecule has 0 radical (unpaired) electrons. The molecule has 6 nitrogen and oxygen atoms in total. The molecule has 0 unspecified atom stereocenters. The Bertz CT molecular complexity index is 1140. The van der Waals surface area contributed by atoms with Gasteiger partial charge in [-0.2, -0.15) is 4.98 Å². The summed E-state index contributed by atoms with van der Waals surface area (Å²) in [4.78, 5) is 21.2. The molecule has 0 bridgehead atoms. The Hall–Kier alpha value is -3.25. The van der Waals surface area contributed by atoms with Crippen LogP contribution >= 0.6 is 11.6 Å². The van der Waals surface area contributed by atoms with Gasteiger partial charge >= 0.3 is 5.97 Å². The van der Waals surface area contributed by atoms with Gasteiger partial charge in [0.25, 0.3) is 5.89 Å². The molecule has 0 saturated carbocycles. The Morgan fingerprint density at radius 1 is 1.11 bits per heavy atom. The molecule has 0 saturated heterocycles. The molecule has 7 heteroatoms. The highest BCUT2D eigenvalue weighted by molar-refractivity contribution is 6.30. The van der Waals surface area contributed by atoms with Gasteiger partial charge in [-0.15, -0.1) is 0 Å². The topological polar surface area (TPSA) is 78.1 Å². The van der Waals surface area contributed by atoms with Crippen LogP contribution in [-0.4, -0.2) is 21.1 Å². The van der Waals surface area contributed by atoms with E-state index in [9.17, 15) is 4.79 Å².